The summed E-state index contributed by atoms with van der Waals surface area (Å²) in [5, 5.41) is 12.3. The van der Waals surface area contributed by atoms with E-state index < -0.39 is 0 Å². The van der Waals surface area contributed by atoms with Crippen LogP contribution in [0.5, 0.6) is 0 Å². The number of para-hydroxylation sites is 1. The average Bonchev–Trinajstić information content (AvgIpc) is 2.44. The van der Waals surface area contributed by atoms with Crippen LogP contribution in [0.4, 0.5) is 5.69 Å². The Labute approximate surface area is 124 Å². The predicted molar refractivity (Wildman–Crippen MR) is 80.1 cm³/mol. The van der Waals surface area contributed by atoms with Gasteiger partial charge in [-0.1, -0.05) is 23.7 Å². The van der Waals surface area contributed by atoms with Gasteiger partial charge in [-0.25, -0.2) is 0 Å². The molecule has 0 unspecified atom stereocenters. The van der Waals surface area contributed by atoms with E-state index >= 15 is 0 Å². The molecule has 0 saturated heterocycles. The lowest BCUT2D eigenvalue weighted by molar-refractivity contribution is -0.116. The quantitative estimate of drug-likeness (QED) is 0.727. The van der Waals surface area contributed by atoms with Gasteiger partial charge < -0.3 is 15.2 Å². The maximum Gasteiger partial charge on any atom is 0.225 e. The van der Waals surface area contributed by atoms with Crippen LogP contribution < -0.4 is 5.32 Å². The van der Waals surface area contributed by atoms with E-state index in [1.165, 1.54) is 0 Å². The number of methoxy groups -OCH3 is 1. The van der Waals surface area contributed by atoms with E-state index in [0.29, 0.717) is 43.4 Å². The Morgan fingerprint density at radius 1 is 1.35 bits per heavy atom. The van der Waals surface area contributed by atoms with Gasteiger partial charge >= 0.3 is 0 Å². The van der Waals surface area contributed by atoms with Gasteiger partial charge in [0.25, 0.3) is 0 Å². The van der Waals surface area contributed by atoms with E-state index in [0.717, 1.165) is 0 Å². The summed E-state index contributed by atoms with van der Waals surface area (Å²) in [6.07, 6.45) is 0.342. The van der Waals surface area contributed by atoms with Crippen molar-refractivity contribution in [2.75, 3.05) is 45.3 Å². The number of hydrogen-bond acceptors (Lipinski definition) is 4. The van der Waals surface area contributed by atoms with Crippen molar-refractivity contribution in [3.8, 4) is 0 Å². The first-order valence-corrected chi connectivity index (χ1v) is 6.91. The molecule has 5 nitrogen and oxygen atoms in total. The van der Waals surface area contributed by atoms with Gasteiger partial charge in [0.15, 0.2) is 0 Å². The van der Waals surface area contributed by atoms with Crippen LogP contribution in [0.2, 0.25) is 5.02 Å². The van der Waals surface area contributed by atoms with Crippen LogP contribution in [-0.2, 0) is 9.53 Å². The van der Waals surface area contributed by atoms with E-state index in [1.807, 2.05) is 17.0 Å². The molecule has 0 radical (unpaired) electrons. The molecule has 0 heterocycles. The molecular weight excluding hydrogens is 280 g/mol. The number of halogens is 1. The first-order valence-electron chi connectivity index (χ1n) is 6.54. The minimum Gasteiger partial charge on any atom is -0.395 e. The van der Waals surface area contributed by atoms with Gasteiger partial charge in [-0.2, -0.15) is 0 Å². The number of aliphatic hydroxyl groups is 1. The first-order chi connectivity index (χ1) is 9.67. The summed E-state index contributed by atoms with van der Waals surface area (Å²) in [7, 11) is 1.63. The Morgan fingerprint density at radius 3 is 2.75 bits per heavy atom. The van der Waals surface area contributed by atoms with Crippen LogP contribution in [0.1, 0.15) is 6.42 Å². The number of nitrogens with one attached hydrogen (secondary N) is 1. The summed E-state index contributed by atoms with van der Waals surface area (Å²) in [6.45, 7) is 2.43. The second-order valence-electron chi connectivity index (χ2n) is 4.34. The van der Waals surface area contributed by atoms with Crippen molar-refractivity contribution in [3.05, 3.63) is 29.3 Å². The molecule has 0 fully saturated rings. The lowest BCUT2D eigenvalue weighted by atomic mass is 10.3. The Morgan fingerprint density at radius 2 is 2.10 bits per heavy atom. The van der Waals surface area contributed by atoms with Gasteiger partial charge in [0.2, 0.25) is 5.91 Å². The zero-order chi connectivity index (χ0) is 14.8. The molecule has 112 valence electrons. The van der Waals surface area contributed by atoms with E-state index in [9.17, 15) is 4.79 Å². The molecule has 0 aliphatic rings. The van der Waals surface area contributed by atoms with Crippen LogP contribution in [0.15, 0.2) is 24.3 Å². The third-order valence-electron chi connectivity index (χ3n) is 2.83. The number of anilines is 1. The largest absolute Gasteiger partial charge is 0.395 e. The number of amides is 1. The van der Waals surface area contributed by atoms with Crippen LogP contribution in [0, 0.1) is 0 Å². The van der Waals surface area contributed by atoms with E-state index in [-0.39, 0.29) is 12.5 Å². The molecule has 1 aromatic carbocycles. The number of hydrogen-bond donors (Lipinski definition) is 2. The van der Waals surface area contributed by atoms with Crippen molar-refractivity contribution in [1.29, 1.82) is 0 Å². The molecule has 1 rings (SSSR count). The fourth-order valence-electron chi connectivity index (χ4n) is 1.73. The van der Waals surface area contributed by atoms with E-state index in [1.54, 1.807) is 19.2 Å². The highest BCUT2D eigenvalue weighted by atomic mass is 35.5. The Hall–Kier alpha value is -1.14. The van der Waals surface area contributed by atoms with Gasteiger partial charge in [0.05, 0.1) is 23.9 Å². The highest BCUT2D eigenvalue weighted by Gasteiger charge is 2.09. The zero-order valence-corrected chi connectivity index (χ0v) is 12.4. The topological polar surface area (TPSA) is 61.8 Å². The van der Waals surface area contributed by atoms with Crippen LogP contribution >= 0.6 is 11.6 Å². The van der Waals surface area contributed by atoms with Crippen LogP contribution in [0.25, 0.3) is 0 Å². The zero-order valence-electron chi connectivity index (χ0n) is 11.6. The molecule has 1 aromatic rings. The van der Waals surface area contributed by atoms with Crippen molar-refractivity contribution in [3.63, 3.8) is 0 Å². The van der Waals surface area contributed by atoms with Gasteiger partial charge in [0.1, 0.15) is 0 Å². The number of carbonyl (C=O) groups is 1. The fraction of sp³-hybridized carbons (Fsp3) is 0.500. The maximum absolute atomic E-state index is 11.9. The minimum atomic E-state index is -0.0987. The Bertz CT molecular complexity index is 415. The molecule has 0 aromatic heterocycles. The SMILES string of the molecule is COCCN(CCO)CCC(=O)Nc1ccccc1Cl. The fourth-order valence-corrected chi connectivity index (χ4v) is 1.92. The predicted octanol–water partition coefficient (Wildman–Crippen LogP) is 1.61. The summed E-state index contributed by atoms with van der Waals surface area (Å²) in [6, 6.07) is 7.12. The smallest absolute Gasteiger partial charge is 0.225 e. The van der Waals surface area contributed by atoms with Gasteiger partial charge in [-0.05, 0) is 12.1 Å². The number of ether oxygens (including phenoxy) is 1. The normalized spacial score (nSPS) is 10.8. The van der Waals surface area contributed by atoms with Crippen molar-refractivity contribution in [1.82, 2.24) is 4.90 Å². The highest BCUT2D eigenvalue weighted by molar-refractivity contribution is 6.33. The third-order valence-corrected chi connectivity index (χ3v) is 3.16. The lowest BCUT2D eigenvalue weighted by Gasteiger charge is -2.20. The van der Waals surface area contributed by atoms with Crippen molar-refractivity contribution >= 4 is 23.2 Å². The molecule has 20 heavy (non-hydrogen) atoms. The van der Waals surface area contributed by atoms with Gasteiger partial charge in [0, 0.05) is 33.2 Å². The second kappa shape index (κ2) is 9.72. The lowest BCUT2D eigenvalue weighted by Crippen LogP contribution is -2.33. The molecule has 0 atom stereocenters. The molecule has 0 spiro atoms. The maximum atomic E-state index is 11.9. The summed E-state index contributed by atoms with van der Waals surface area (Å²) < 4.78 is 5.00. The number of rotatable bonds is 9. The minimum absolute atomic E-state index is 0.0653. The highest BCUT2D eigenvalue weighted by Crippen LogP contribution is 2.20. The molecule has 2 N–H and O–H groups in total. The summed E-state index contributed by atoms with van der Waals surface area (Å²) in [5.41, 5.74) is 0.616. The monoisotopic (exact) mass is 300 g/mol. The number of nitrogens with zero attached hydrogens (tertiary/aromatic N) is 1. The summed E-state index contributed by atoms with van der Waals surface area (Å²) in [4.78, 5) is 13.8. The first kappa shape index (κ1) is 16.9. The van der Waals surface area contributed by atoms with Gasteiger partial charge in [-0.15, -0.1) is 0 Å². The molecule has 1 amide bonds. The molecule has 0 aliphatic heterocycles. The van der Waals surface area contributed by atoms with Crippen molar-refractivity contribution < 1.29 is 14.6 Å². The third kappa shape index (κ3) is 6.34. The van der Waals surface area contributed by atoms with Gasteiger partial charge in [-0.3, -0.25) is 9.69 Å². The van der Waals surface area contributed by atoms with Crippen LogP contribution in [-0.4, -0.2) is 55.9 Å². The number of benzene rings is 1. The number of aliphatic hydroxyl groups excluding tert-OH is 1. The molecule has 0 aliphatic carbocycles. The van der Waals surface area contributed by atoms with E-state index in [4.69, 9.17) is 21.4 Å². The summed E-state index contributed by atoms with van der Waals surface area (Å²) >= 11 is 5.97. The van der Waals surface area contributed by atoms with Crippen molar-refractivity contribution in [2.24, 2.45) is 0 Å². The summed E-state index contributed by atoms with van der Waals surface area (Å²) in [5.74, 6) is -0.0987. The molecular formula is C14H21ClN2O3. The van der Waals surface area contributed by atoms with Crippen molar-refractivity contribution in [2.45, 2.75) is 6.42 Å². The van der Waals surface area contributed by atoms with Crippen LogP contribution in [0.3, 0.4) is 0 Å². The standard InChI is InChI=1S/C14H21ClN2O3/c1-20-11-9-17(8-10-18)7-6-14(19)16-13-5-3-2-4-12(13)15/h2-5,18H,6-11H2,1H3,(H,16,19). The van der Waals surface area contributed by atoms with E-state index in [2.05, 4.69) is 5.32 Å². The molecule has 0 bridgehead atoms. The molecule has 0 saturated carbocycles. The Balaban J connectivity index is 2.39. The molecule has 6 heteroatoms. The average molecular weight is 301 g/mol. The second-order valence-corrected chi connectivity index (χ2v) is 4.74. The Kier molecular flexibility index (Phi) is 8.22. The number of carbonyl (C=O) groups excluding carboxylic acids is 1.